The molecule has 0 saturated heterocycles. The van der Waals surface area contributed by atoms with Crippen LogP contribution in [0.15, 0.2) is 16.5 Å². The van der Waals surface area contributed by atoms with Gasteiger partial charge in [0.2, 0.25) is 0 Å². The van der Waals surface area contributed by atoms with Crippen LogP contribution in [-0.4, -0.2) is 0 Å². The number of rotatable bonds is 4. The fourth-order valence-electron chi connectivity index (χ4n) is 1.16. The van der Waals surface area contributed by atoms with Crippen LogP contribution in [0.4, 0.5) is 0 Å². The Morgan fingerprint density at radius 1 is 1.62 bits per heavy atom. The SMILES string of the molecule is C#CCCC(N)c1ccc(CC)o1. The van der Waals surface area contributed by atoms with E-state index in [1.54, 1.807) is 0 Å². The predicted octanol–water partition coefficient (Wildman–Crippen LogP) is 2.26. The zero-order valence-electron chi connectivity index (χ0n) is 7.92. The first-order chi connectivity index (χ1) is 6.27. The molecular weight excluding hydrogens is 162 g/mol. The van der Waals surface area contributed by atoms with Crippen molar-refractivity contribution in [2.45, 2.75) is 32.2 Å². The Bertz CT molecular complexity index is 295. The minimum atomic E-state index is -0.0589. The van der Waals surface area contributed by atoms with Crippen LogP contribution >= 0.6 is 0 Å². The Morgan fingerprint density at radius 3 is 2.92 bits per heavy atom. The molecule has 1 heterocycles. The van der Waals surface area contributed by atoms with Gasteiger partial charge in [0.1, 0.15) is 11.5 Å². The van der Waals surface area contributed by atoms with E-state index in [9.17, 15) is 0 Å². The minimum Gasteiger partial charge on any atom is -0.464 e. The molecular formula is C11H15NO. The summed E-state index contributed by atoms with van der Waals surface area (Å²) in [4.78, 5) is 0. The van der Waals surface area contributed by atoms with Gasteiger partial charge in [-0.2, -0.15) is 0 Å². The first-order valence-corrected chi connectivity index (χ1v) is 4.55. The van der Waals surface area contributed by atoms with Gasteiger partial charge in [-0.25, -0.2) is 0 Å². The summed E-state index contributed by atoms with van der Waals surface area (Å²) in [7, 11) is 0. The van der Waals surface area contributed by atoms with E-state index in [0.717, 1.165) is 24.4 Å². The molecule has 13 heavy (non-hydrogen) atoms. The molecule has 0 spiro atoms. The Balaban J connectivity index is 2.56. The van der Waals surface area contributed by atoms with E-state index < -0.39 is 0 Å². The van der Waals surface area contributed by atoms with Crippen molar-refractivity contribution >= 4 is 0 Å². The van der Waals surface area contributed by atoms with Gasteiger partial charge in [0.25, 0.3) is 0 Å². The first kappa shape index (κ1) is 9.88. The summed E-state index contributed by atoms with van der Waals surface area (Å²) in [6, 6.07) is 3.83. The summed E-state index contributed by atoms with van der Waals surface area (Å²) in [5, 5.41) is 0. The molecule has 1 unspecified atom stereocenters. The highest BCUT2D eigenvalue weighted by atomic mass is 16.3. The Morgan fingerprint density at radius 2 is 2.38 bits per heavy atom. The van der Waals surface area contributed by atoms with Crippen LogP contribution in [0, 0.1) is 12.3 Å². The number of nitrogens with two attached hydrogens (primary N) is 1. The van der Waals surface area contributed by atoms with Crippen molar-refractivity contribution in [2.75, 3.05) is 0 Å². The highest BCUT2D eigenvalue weighted by molar-refractivity contribution is 5.10. The number of hydrogen-bond donors (Lipinski definition) is 1. The maximum absolute atomic E-state index is 5.86. The van der Waals surface area contributed by atoms with Gasteiger partial charge in [-0.3, -0.25) is 0 Å². The molecule has 70 valence electrons. The zero-order chi connectivity index (χ0) is 9.68. The third-order valence-corrected chi connectivity index (χ3v) is 2.00. The van der Waals surface area contributed by atoms with Crippen molar-refractivity contribution < 1.29 is 4.42 Å². The molecule has 2 heteroatoms. The van der Waals surface area contributed by atoms with E-state index in [1.807, 2.05) is 12.1 Å². The molecule has 1 atom stereocenters. The standard InChI is InChI=1S/C11H15NO/c1-3-5-6-10(12)11-8-7-9(4-2)13-11/h1,7-8,10H,4-6,12H2,2H3. The van der Waals surface area contributed by atoms with Crippen LogP contribution in [0.3, 0.4) is 0 Å². The molecule has 0 aromatic carbocycles. The molecule has 2 nitrogen and oxygen atoms in total. The van der Waals surface area contributed by atoms with Crippen molar-refractivity contribution in [1.29, 1.82) is 0 Å². The van der Waals surface area contributed by atoms with E-state index in [1.165, 1.54) is 0 Å². The van der Waals surface area contributed by atoms with Gasteiger partial charge in [0, 0.05) is 12.8 Å². The van der Waals surface area contributed by atoms with Crippen molar-refractivity contribution in [3.63, 3.8) is 0 Å². The lowest BCUT2D eigenvalue weighted by Crippen LogP contribution is -2.08. The molecule has 1 rings (SSSR count). The highest BCUT2D eigenvalue weighted by Gasteiger charge is 2.09. The molecule has 0 fully saturated rings. The van der Waals surface area contributed by atoms with Crippen LogP contribution in [0.25, 0.3) is 0 Å². The Hall–Kier alpha value is -1.20. The van der Waals surface area contributed by atoms with Crippen LogP contribution in [0.2, 0.25) is 0 Å². The lowest BCUT2D eigenvalue weighted by Gasteiger charge is -2.05. The third kappa shape index (κ3) is 2.64. The second kappa shape index (κ2) is 4.74. The first-order valence-electron chi connectivity index (χ1n) is 4.55. The molecule has 0 aliphatic rings. The molecule has 2 N–H and O–H groups in total. The molecule has 0 radical (unpaired) electrons. The lowest BCUT2D eigenvalue weighted by atomic mass is 10.1. The maximum Gasteiger partial charge on any atom is 0.120 e. The van der Waals surface area contributed by atoms with Gasteiger partial charge in [-0.15, -0.1) is 12.3 Å². The number of hydrogen-bond acceptors (Lipinski definition) is 2. The molecule has 0 saturated carbocycles. The van der Waals surface area contributed by atoms with Crippen LogP contribution in [-0.2, 0) is 6.42 Å². The highest BCUT2D eigenvalue weighted by Crippen LogP contribution is 2.18. The molecule has 1 aromatic heterocycles. The van der Waals surface area contributed by atoms with Crippen molar-refractivity contribution in [2.24, 2.45) is 5.73 Å². The fourth-order valence-corrected chi connectivity index (χ4v) is 1.16. The lowest BCUT2D eigenvalue weighted by molar-refractivity contribution is 0.427. The average Bonchev–Trinajstić information content (AvgIpc) is 2.62. The second-order valence-electron chi connectivity index (χ2n) is 3.01. The van der Waals surface area contributed by atoms with E-state index >= 15 is 0 Å². The molecule has 1 aromatic rings. The summed E-state index contributed by atoms with van der Waals surface area (Å²) >= 11 is 0. The van der Waals surface area contributed by atoms with Gasteiger partial charge < -0.3 is 10.2 Å². The van der Waals surface area contributed by atoms with E-state index in [4.69, 9.17) is 16.6 Å². The van der Waals surface area contributed by atoms with Gasteiger partial charge in [-0.05, 0) is 18.6 Å². The number of furan rings is 1. The molecule has 0 amide bonds. The topological polar surface area (TPSA) is 39.2 Å². The van der Waals surface area contributed by atoms with Crippen LogP contribution < -0.4 is 5.73 Å². The monoisotopic (exact) mass is 177 g/mol. The van der Waals surface area contributed by atoms with E-state index in [-0.39, 0.29) is 6.04 Å². The molecule has 0 bridgehead atoms. The normalized spacial score (nSPS) is 12.4. The predicted molar refractivity (Wildman–Crippen MR) is 53.1 cm³/mol. The number of terminal acetylenes is 1. The largest absolute Gasteiger partial charge is 0.464 e. The smallest absolute Gasteiger partial charge is 0.120 e. The van der Waals surface area contributed by atoms with Gasteiger partial charge in [0.05, 0.1) is 6.04 Å². The van der Waals surface area contributed by atoms with E-state index in [2.05, 4.69) is 12.8 Å². The minimum absolute atomic E-state index is 0.0589. The Labute approximate surface area is 79.1 Å². The maximum atomic E-state index is 5.86. The quantitative estimate of drug-likeness (QED) is 0.716. The van der Waals surface area contributed by atoms with Crippen molar-refractivity contribution in [3.8, 4) is 12.3 Å². The zero-order valence-corrected chi connectivity index (χ0v) is 7.92. The average molecular weight is 177 g/mol. The Kier molecular flexibility index (Phi) is 3.60. The summed E-state index contributed by atoms with van der Waals surface area (Å²) in [6.07, 6.45) is 7.54. The second-order valence-corrected chi connectivity index (χ2v) is 3.01. The van der Waals surface area contributed by atoms with E-state index in [0.29, 0.717) is 6.42 Å². The van der Waals surface area contributed by atoms with Crippen molar-refractivity contribution in [1.82, 2.24) is 0 Å². The third-order valence-electron chi connectivity index (χ3n) is 2.00. The van der Waals surface area contributed by atoms with Crippen LogP contribution in [0.1, 0.15) is 37.3 Å². The van der Waals surface area contributed by atoms with Crippen molar-refractivity contribution in [3.05, 3.63) is 23.7 Å². The molecule has 0 aliphatic carbocycles. The van der Waals surface area contributed by atoms with Gasteiger partial charge in [-0.1, -0.05) is 6.92 Å². The fraction of sp³-hybridized carbons (Fsp3) is 0.455. The van der Waals surface area contributed by atoms with Gasteiger partial charge >= 0.3 is 0 Å². The summed E-state index contributed by atoms with van der Waals surface area (Å²) in [5.41, 5.74) is 5.86. The summed E-state index contributed by atoms with van der Waals surface area (Å²) in [5.74, 6) is 4.39. The van der Waals surface area contributed by atoms with Crippen LogP contribution in [0.5, 0.6) is 0 Å². The summed E-state index contributed by atoms with van der Waals surface area (Å²) in [6.45, 7) is 2.05. The van der Waals surface area contributed by atoms with Gasteiger partial charge in [0.15, 0.2) is 0 Å². The molecule has 0 aliphatic heterocycles. The summed E-state index contributed by atoms with van der Waals surface area (Å²) < 4.78 is 5.50. The number of aryl methyl sites for hydroxylation is 1.